The van der Waals surface area contributed by atoms with Crippen LogP contribution in [0.15, 0.2) is 86.4 Å². The maximum atomic E-state index is 11.0. The fraction of sp³-hybridized carbons (Fsp3) is 0. The van der Waals surface area contributed by atoms with Crippen molar-refractivity contribution in [3.05, 3.63) is 86.9 Å². The smallest absolute Gasteiger partial charge is 0.263 e. The lowest BCUT2D eigenvalue weighted by Gasteiger charge is -2.09. The Bertz CT molecular complexity index is 1330. The minimum Gasteiger partial charge on any atom is -0.359 e. The number of aromatic nitrogens is 2. The van der Waals surface area contributed by atoms with Gasteiger partial charge in [-0.05, 0) is 81.2 Å². The van der Waals surface area contributed by atoms with Crippen LogP contribution in [0.2, 0.25) is 0 Å². The lowest BCUT2D eigenvalue weighted by molar-refractivity contribution is -0.782. The van der Waals surface area contributed by atoms with Crippen LogP contribution in [-0.2, 0) is 0 Å². The highest BCUT2D eigenvalue weighted by Gasteiger charge is 2.15. The molecule has 0 radical (unpaired) electrons. The van der Waals surface area contributed by atoms with Gasteiger partial charge in [0, 0.05) is 5.16 Å². The van der Waals surface area contributed by atoms with Crippen molar-refractivity contribution in [2.75, 3.05) is 0 Å². The van der Waals surface area contributed by atoms with Crippen molar-refractivity contribution in [1.82, 2.24) is 5.16 Å². The standard InChI is InChI=1S/C16H10.C6H2Br2N2O2/c1-3-11-7-9-13-5-2-6-14-10-8-12(4-1)15(11)16(13)14;7-3-1-2-4(8)6-5(3)9-12-10(6)11/h1-10H;1-2H. The molecular formula is C22H12Br2N2O2. The predicted octanol–water partition coefficient (Wildman–Crippen LogP) is 6.57. The van der Waals surface area contributed by atoms with Crippen molar-refractivity contribution in [3.8, 4) is 0 Å². The number of hydrogen-bond donors (Lipinski definition) is 0. The van der Waals surface area contributed by atoms with Gasteiger partial charge < -0.3 is 5.21 Å². The lowest BCUT2D eigenvalue weighted by atomic mass is 9.95. The molecule has 5 aromatic carbocycles. The van der Waals surface area contributed by atoms with Crippen LogP contribution in [-0.4, -0.2) is 5.16 Å². The van der Waals surface area contributed by atoms with E-state index in [-0.39, 0.29) is 0 Å². The molecule has 0 saturated carbocycles. The van der Waals surface area contributed by atoms with Gasteiger partial charge in [0.25, 0.3) is 5.52 Å². The molecule has 0 aliphatic carbocycles. The monoisotopic (exact) mass is 494 g/mol. The largest absolute Gasteiger partial charge is 0.359 e. The molecule has 28 heavy (non-hydrogen) atoms. The van der Waals surface area contributed by atoms with Crippen molar-refractivity contribution in [3.63, 3.8) is 0 Å². The molecule has 0 N–H and O–H groups in total. The summed E-state index contributed by atoms with van der Waals surface area (Å²) in [5, 5.41) is 22.7. The second-order valence-electron chi connectivity index (χ2n) is 6.45. The van der Waals surface area contributed by atoms with E-state index in [4.69, 9.17) is 0 Å². The minimum atomic E-state index is 0.365. The van der Waals surface area contributed by atoms with Gasteiger partial charge in [-0.25, -0.2) is 0 Å². The molecule has 1 heterocycles. The van der Waals surface area contributed by atoms with Crippen LogP contribution in [0.4, 0.5) is 0 Å². The number of hydrogen-bond acceptors (Lipinski definition) is 3. The van der Waals surface area contributed by atoms with Crippen LogP contribution in [0.3, 0.4) is 0 Å². The van der Waals surface area contributed by atoms with E-state index < -0.39 is 0 Å². The molecule has 0 saturated heterocycles. The first-order chi connectivity index (χ1) is 13.6. The summed E-state index contributed by atoms with van der Waals surface area (Å²) in [6, 6.07) is 25.4. The third kappa shape index (κ3) is 2.72. The maximum Gasteiger partial charge on any atom is 0.263 e. The van der Waals surface area contributed by atoms with Crippen molar-refractivity contribution >= 4 is 75.2 Å². The fourth-order valence-electron chi connectivity index (χ4n) is 3.58. The summed E-state index contributed by atoms with van der Waals surface area (Å²) in [5.41, 5.74) is 0.906. The molecular weight excluding hydrogens is 484 g/mol. The summed E-state index contributed by atoms with van der Waals surface area (Å²) in [6.07, 6.45) is 0. The Labute approximate surface area is 176 Å². The van der Waals surface area contributed by atoms with Crippen LogP contribution in [0, 0.1) is 5.21 Å². The van der Waals surface area contributed by atoms with E-state index in [2.05, 4.69) is 102 Å². The van der Waals surface area contributed by atoms with Gasteiger partial charge in [0.15, 0.2) is 0 Å². The highest BCUT2D eigenvalue weighted by Crippen LogP contribution is 2.33. The third-order valence-electron chi connectivity index (χ3n) is 4.83. The molecule has 0 spiro atoms. The molecule has 0 unspecified atom stereocenters. The summed E-state index contributed by atoms with van der Waals surface area (Å²) < 4.78 is 5.83. The highest BCUT2D eigenvalue weighted by atomic mass is 79.9. The van der Waals surface area contributed by atoms with Crippen molar-refractivity contribution in [1.29, 1.82) is 0 Å². The maximum absolute atomic E-state index is 11.0. The Morgan fingerprint density at radius 1 is 0.679 bits per heavy atom. The third-order valence-corrected chi connectivity index (χ3v) is 6.11. The van der Waals surface area contributed by atoms with Gasteiger partial charge in [-0.1, -0.05) is 60.7 Å². The summed E-state index contributed by atoms with van der Waals surface area (Å²) in [6.45, 7) is 0. The van der Waals surface area contributed by atoms with E-state index >= 15 is 0 Å². The number of fused-ring (bicyclic) bond motifs is 1. The predicted molar refractivity (Wildman–Crippen MR) is 119 cm³/mol. The molecule has 136 valence electrons. The van der Waals surface area contributed by atoms with Crippen LogP contribution in [0.1, 0.15) is 0 Å². The molecule has 0 aliphatic rings. The van der Waals surface area contributed by atoms with Gasteiger partial charge in [-0.3, -0.25) is 4.63 Å². The van der Waals surface area contributed by atoms with Gasteiger partial charge in [-0.2, -0.15) is 0 Å². The van der Waals surface area contributed by atoms with Gasteiger partial charge in [0.1, 0.15) is 0 Å². The topological polar surface area (TPSA) is 53.0 Å². The zero-order valence-corrected chi connectivity index (χ0v) is 17.6. The molecule has 0 bridgehead atoms. The van der Waals surface area contributed by atoms with E-state index in [1.54, 1.807) is 12.1 Å². The van der Waals surface area contributed by atoms with E-state index in [1.807, 2.05) is 0 Å². The molecule has 0 amide bonds. The Balaban J connectivity index is 0.000000128. The zero-order chi connectivity index (χ0) is 19.3. The molecule has 6 aromatic rings. The first-order valence-electron chi connectivity index (χ1n) is 8.59. The fourth-order valence-corrected chi connectivity index (χ4v) is 4.44. The van der Waals surface area contributed by atoms with Crippen LogP contribution >= 0.6 is 31.9 Å². The Kier molecular flexibility index (Phi) is 4.18. The first kappa shape index (κ1) is 17.4. The molecule has 1 aromatic heterocycles. The van der Waals surface area contributed by atoms with E-state index in [0.717, 1.165) is 4.47 Å². The second-order valence-corrected chi connectivity index (χ2v) is 8.15. The lowest BCUT2D eigenvalue weighted by Crippen LogP contribution is -2.22. The molecule has 6 rings (SSSR count). The van der Waals surface area contributed by atoms with Gasteiger partial charge in [0.2, 0.25) is 5.52 Å². The molecule has 0 atom stereocenters. The number of halogens is 2. The quantitative estimate of drug-likeness (QED) is 0.177. The minimum absolute atomic E-state index is 0.365. The van der Waals surface area contributed by atoms with Crippen LogP contribution < -0.4 is 4.90 Å². The van der Waals surface area contributed by atoms with Crippen molar-refractivity contribution < 1.29 is 9.53 Å². The molecule has 6 heteroatoms. The first-order valence-corrected chi connectivity index (χ1v) is 10.2. The number of benzene rings is 5. The summed E-state index contributed by atoms with van der Waals surface area (Å²) in [4.78, 5) is 0.365. The van der Waals surface area contributed by atoms with Crippen LogP contribution in [0.5, 0.6) is 0 Å². The average Bonchev–Trinajstić information content (AvgIpc) is 3.13. The second kappa shape index (κ2) is 6.72. The van der Waals surface area contributed by atoms with E-state index in [1.165, 1.54) is 32.3 Å². The molecule has 4 nitrogen and oxygen atoms in total. The van der Waals surface area contributed by atoms with Crippen molar-refractivity contribution in [2.24, 2.45) is 0 Å². The summed E-state index contributed by atoms with van der Waals surface area (Å²) in [5.74, 6) is 0. The van der Waals surface area contributed by atoms with Crippen molar-refractivity contribution in [2.45, 2.75) is 0 Å². The van der Waals surface area contributed by atoms with E-state index in [0.29, 0.717) is 20.4 Å². The average molecular weight is 496 g/mol. The number of nitrogens with zero attached hydrogens (tertiary/aromatic N) is 2. The van der Waals surface area contributed by atoms with Gasteiger partial charge >= 0.3 is 0 Å². The summed E-state index contributed by atoms with van der Waals surface area (Å²) >= 11 is 6.47. The van der Waals surface area contributed by atoms with Gasteiger partial charge in [0.05, 0.1) is 8.95 Å². The Hall–Kier alpha value is -2.70. The molecule has 0 aliphatic heterocycles. The highest BCUT2D eigenvalue weighted by molar-refractivity contribution is 9.11. The van der Waals surface area contributed by atoms with E-state index in [9.17, 15) is 5.21 Å². The molecule has 0 fully saturated rings. The summed E-state index contributed by atoms with van der Waals surface area (Å²) in [7, 11) is 0. The SMILES string of the molecule is [O-][n+]1onc2c(Br)ccc(Br)c21.c1cc2ccc3cccc4ccc(c1)c2c34. The normalized spacial score (nSPS) is 11.4. The Morgan fingerprint density at radius 3 is 1.61 bits per heavy atom. The number of rotatable bonds is 0. The Morgan fingerprint density at radius 2 is 1.14 bits per heavy atom. The zero-order valence-electron chi connectivity index (χ0n) is 14.4. The van der Waals surface area contributed by atoms with Gasteiger partial charge in [-0.15, -0.1) is 0 Å². The van der Waals surface area contributed by atoms with Crippen LogP contribution in [0.25, 0.3) is 43.4 Å².